The molecule has 0 aliphatic rings. The fraction of sp³-hybridized carbons (Fsp3) is 0.600. The van der Waals surface area contributed by atoms with E-state index in [1.165, 1.54) is 11.8 Å². The quantitative estimate of drug-likeness (QED) is 0.785. The molecule has 0 bridgehead atoms. The first-order chi connectivity index (χ1) is 7.05. The van der Waals surface area contributed by atoms with Crippen LogP contribution in [-0.4, -0.2) is 25.4 Å². The van der Waals surface area contributed by atoms with E-state index < -0.39 is 10.7 Å². The van der Waals surface area contributed by atoms with E-state index in [1.54, 1.807) is 6.20 Å². The molecular weight excluding hydrogens is 212 g/mol. The van der Waals surface area contributed by atoms with Gasteiger partial charge in [-0.15, -0.1) is 0 Å². The summed E-state index contributed by atoms with van der Waals surface area (Å²) < 4.78 is 1.09. The highest BCUT2D eigenvalue weighted by molar-refractivity contribution is 8.01. The summed E-state index contributed by atoms with van der Waals surface area (Å²) in [7, 11) is 1.87. The van der Waals surface area contributed by atoms with Gasteiger partial charge in [0, 0.05) is 19.4 Å². The summed E-state index contributed by atoms with van der Waals surface area (Å²) in [4.78, 5) is 15.4. The van der Waals surface area contributed by atoms with Crippen molar-refractivity contribution in [2.24, 2.45) is 7.05 Å². The molecule has 0 unspecified atom stereocenters. The number of nitrogens with zero attached hydrogens (tertiary/aromatic N) is 2. The van der Waals surface area contributed by atoms with Crippen LogP contribution in [0.5, 0.6) is 0 Å². The molecule has 0 amide bonds. The van der Waals surface area contributed by atoms with Crippen molar-refractivity contribution in [1.82, 2.24) is 9.55 Å². The molecule has 1 heterocycles. The maximum Gasteiger partial charge on any atom is 0.320 e. The molecule has 4 nitrogen and oxygen atoms in total. The van der Waals surface area contributed by atoms with Gasteiger partial charge in [0.2, 0.25) is 0 Å². The van der Waals surface area contributed by atoms with Crippen LogP contribution < -0.4 is 0 Å². The lowest BCUT2D eigenvalue weighted by Crippen LogP contribution is -2.33. The number of aliphatic carboxylic acids is 1. The number of carboxylic acid groups (broad SMARTS) is 1. The van der Waals surface area contributed by atoms with Crippen molar-refractivity contribution in [2.75, 3.05) is 0 Å². The molecule has 0 aliphatic heterocycles. The van der Waals surface area contributed by atoms with Crippen LogP contribution in [-0.2, 0) is 11.8 Å². The van der Waals surface area contributed by atoms with Gasteiger partial charge in [-0.25, -0.2) is 4.98 Å². The van der Waals surface area contributed by atoms with Gasteiger partial charge in [0.15, 0.2) is 5.16 Å². The summed E-state index contributed by atoms with van der Waals surface area (Å²) in [6.45, 7) is 3.79. The average Bonchev–Trinajstić information content (AvgIpc) is 2.60. The van der Waals surface area contributed by atoms with Crippen LogP contribution in [0.1, 0.15) is 26.7 Å². The summed E-state index contributed by atoms with van der Waals surface area (Å²) in [5.41, 5.74) is 0. The zero-order chi connectivity index (χ0) is 11.5. The van der Waals surface area contributed by atoms with Gasteiger partial charge in [-0.1, -0.05) is 25.6 Å². The largest absolute Gasteiger partial charge is 0.480 e. The third-order valence-corrected chi connectivity index (χ3v) is 4.31. The predicted octanol–water partition coefficient (Wildman–Crippen LogP) is 2.16. The minimum Gasteiger partial charge on any atom is -0.480 e. The summed E-state index contributed by atoms with van der Waals surface area (Å²) in [6, 6.07) is 0. The zero-order valence-electron chi connectivity index (χ0n) is 9.23. The van der Waals surface area contributed by atoms with Crippen LogP contribution in [0.2, 0.25) is 0 Å². The molecule has 5 heteroatoms. The predicted molar refractivity (Wildman–Crippen MR) is 60.0 cm³/mol. The van der Waals surface area contributed by atoms with E-state index >= 15 is 0 Å². The fourth-order valence-corrected chi connectivity index (χ4v) is 2.41. The van der Waals surface area contributed by atoms with Crippen LogP contribution in [0.3, 0.4) is 0 Å². The van der Waals surface area contributed by atoms with Gasteiger partial charge in [0.25, 0.3) is 0 Å². The maximum absolute atomic E-state index is 11.3. The Labute approximate surface area is 93.7 Å². The third-order valence-electron chi connectivity index (χ3n) is 2.60. The normalized spacial score (nSPS) is 11.7. The van der Waals surface area contributed by atoms with Crippen LogP contribution in [0, 0.1) is 0 Å². The van der Waals surface area contributed by atoms with Crippen molar-refractivity contribution in [1.29, 1.82) is 0 Å². The Kier molecular flexibility index (Phi) is 3.79. The molecule has 0 aliphatic carbocycles. The second-order valence-corrected chi connectivity index (χ2v) is 4.78. The lowest BCUT2D eigenvalue weighted by atomic mass is 10.0. The molecule has 1 aromatic rings. The number of aryl methyl sites for hydroxylation is 1. The molecule has 0 aromatic carbocycles. The van der Waals surface area contributed by atoms with Gasteiger partial charge < -0.3 is 9.67 Å². The number of aromatic nitrogens is 2. The maximum atomic E-state index is 11.3. The Morgan fingerprint density at radius 3 is 2.53 bits per heavy atom. The van der Waals surface area contributed by atoms with Gasteiger partial charge in [-0.2, -0.15) is 0 Å². The Balaban J connectivity index is 2.93. The Morgan fingerprint density at radius 1 is 1.60 bits per heavy atom. The first-order valence-corrected chi connectivity index (χ1v) is 5.77. The molecule has 1 aromatic heterocycles. The van der Waals surface area contributed by atoms with Gasteiger partial charge >= 0.3 is 5.97 Å². The first-order valence-electron chi connectivity index (χ1n) is 4.95. The summed E-state index contributed by atoms with van der Waals surface area (Å²) >= 11 is 1.33. The van der Waals surface area contributed by atoms with Crippen LogP contribution >= 0.6 is 11.8 Å². The van der Waals surface area contributed by atoms with Crippen molar-refractivity contribution in [2.45, 2.75) is 36.6 Å². The van der Waals surface area contributed by atoms with Gasteiger partial charge in [0.05, 0.1) is 0 Å². The number of hydrogen-bond donors (Lipinski definition) is 1. The molecular formula is C10H16N2O2S. The fourth-order valence-electron chi connectivity index (χ4n) is 1.37. The van der Waals surface area contributed by atoms with E-state index in [0.717, 1.165) is 5.16 Å². The number of imidazole rings is 1. The summed E-state index contributed by atoms with van der Waals surface area (Å²) in [5.74, 6) is -0.763. The van der Waals surface area contributed by atoms with Crippen molar-refractivity contribution >= 4 is 17.7 Å². The van der Waals surface area contributed by atoms with Crippen molar-refractivity contribution < 1.29 is 9.90 Å². The SMILES string of the molecule is CCC(CC)(Sc1nccn1C)C(=O)O. The Bertz CT molecular complexity index is 345. The topological polar surface area (TPSA) is 55.1 Å². The van der Waals surface area contributed by atoms with E-state index in [0.29, 0.717) is 12.8 Å². The van der Waals surface area contributed by atoms with E-state index in [9.17, 15) is 9.90 Å². The van der Waals surface area contributed by atoms with Crippen molar-refractivity contribution in [3.05, 3.63) is 12.4 Å². The number of thioether (sulfide) groups is 1. The molecule has 1 N–H and O–H groups in total. The van der Waals surface area contributed by atoms with E-state index in [4.69, 9.17) is 0 Å². The lowest BCUT2D eigenvalue weighted by molar-refractivity contribution is -0.140. The molecule has 0 radical (unpaired) electrons. The molecule has 84 valence electrons. The molecule has 1 rings (SSSR count). The van der Waals surface area contributed by atoms with Crippen LogP contribution in [0.15, 0.2) is 17.6 Å². The van der Waals surface area contributed by atoms with E-state index in [1.807, 2.05) is 31.7 Å². The molecule has 0 fully saturated rings. The smallest absolute Gasteiger partial charge is 0.320 e. The standard InChI is InChI=1S/C10H16N2O2S/c1-4-10(5-2,8(13)14)15-9-11-6-7-12(9)3/h6-7H,4-5H2,1-3H3,(H,13,14). The highest BCUT2D eigenvalue weighted by Crippen LogP contribution is 2.37. The Hall–Kier alpha value is -0.970. The number of carboxylic acids is 1. The summed E-state index contributed by atoms with van der Waals surface area (Å²) in [5, 5.41) is 10.0. The molecule has 0 saturated heterocycles. The molecule has 15 heavy (non-hydrogen) atoms. The second kappa shape index (κ2) is 4.70. The number of hydrogen-bond acceptors (Lipinski definition) is 3. The van der Waals surface area contributed by atoms with E-state index in [2.05, 4.69) is 4.98 Å². The molecule has 0 atom stereocenters. The average molecular weight is 228 g/mol. The Morgan fingerprint density at radius 2 is 2.20 bits per heavy atom. The van der Waals surface area contributed by atoms with Gasteiger partial charge in [0.1, 0.15) is 4.75 Å². The minimum absolute atomic E-state index is 0.594. The number of rotatable bonds is 5. The van der Waals surface area contributed by atoms with Gasteiger partial charge in [-0.3, -0.25) is 4.79 Å². The zero-order valence-corrected chi connectivity index (χ0v) is 10.0. The first kappa shape index (κ1) is 12.1. The van der Waals surface area contributed by atoms with Gasteiger partial charge in [-0.05, 0) is 12.8 Å². The van der Waals surface area contributed by atoms with Crippen molar-refractivity contribution in [3.63, 3.8) is 0 Å². The lowest BCUT2D eigenvalue weighted by Gasteiger charge is -2.25. The van der Waals surface area contributed by atoms with E-state index in [-0.39, 0.29) is 0 Å². The number of carbonyl (C=O) groups is 1. The minimum atomic E-state index is -0.763. The monoisotopic (exact) mass is 228 g/mol. The third kappa shape index (κ3) is 2.34. The van der Waals surface area contributed by atoms with Crippen LogP contribution in [0.4, 0.5) is 0 Å². The second-order valence-electron chi connectivity index (χ2n) is 3.43. The molecule has 0 spiro atoms. The van der Waals surface area contributed by atoms with Crippen LogP contribution in [0.25, 0.3) is 0 Å². The van der Waals surface area contributed by atoms with Crippen molar-refractivity contribution in [3.8, 4) is 0 Å². The highest BCUT2D eigenvalue weighted by atomic mass is 32.2. The molecule has 0 saturated carbocycles. The highest BCUT2D eigenvalue weighted by Gasteiger charge is 2.37. The summed E-state index contributed by atoms with van der Waals surface area (Å²) in [6.07, 6.45) is 4.69.